The average molecular weight is 322 g/mol. The number of thioether (sulfide) groups is 1. The summed E-state index contributed by atoms with van der Waals surface area (Å²) >= 11 is 13.8. The Morgan fingerprint density at radius 3 is 2.68 bits per heavy atom. The summed E-state index contributed by atoms with van der Waals surface area (Å²) in [6, 6.07) is 5.53. The van der Waals surface area contributed by atoms with Gasteiger partial charge in [-0.2, -0.15) is 0 Å². The zero-order valence-electron chi connectivity index (χ0n) is 11.2. The van der Waals surface area contributed by atoms with Crippen LogP contribution in [-0.4, -0.2) is 42.0 Å². The molecule has 0 radical (unpaired) electrons. The minimum absolute atomic E-state index is 0.215. The van der Waals surface area contributed by atoms with Gasteiger partial charge in [-0.05, 0) is 31.2 Å². The molecule has 5 heteroatoms. The first-order chi connectivity index (χ1) is 9.17. The standard InChI is InChI=1S/C14H21Cl2NOS/c1-2-3-6-17(7-9-18)8-10-19-14-11-12(15)4-5-13(14)16/h4-5,11,18H,2-3,6-10H2,1H3. The van der Waals surface area contributed by atoms with Gasteiger partial charge in [-0.25, -0.2) is 0 Å². The number of aliphatic hydroxyl groups excluding tert-OH is 1. The van der Waals surface area contributed by atoms with E-state index in [9.17, 15) is 0 Å². The highest BCUT2D eigenvalue weighted by atomic mass is 35.5. The van der Waals surface area contributed by atoms with E-state index >= 15 is 0 Å². The summed E-state index contributed by atoms with van der Waals surface area (Å²) in [6.45, 7) is 5.13. The monoisotopic (exact) mass is 321 g/mol. The molecule has 0 aliphatic carbocycles. The lowest BCUT2D eigenvalue weighted by molar-refractivity contribution is 0.201. The lowest BCUT2D eigenvalue weighted by atomic mass is 10.3. The summed E-state index contributed by atoms with van der Waals surface area (Å²) in [5.41, 5.74) is 0. The van der Waals surface area contributed by atoms with E-state index in [1.165, 1.54) is 12.8 Å². The molecule has 19 heavy (non-hydrogen) atoms. The van der Waals surface area contributed by atoms with Crippen molar-refractivity contribution in [3.8, 4) is 0 Å². The molecule has 0 heterocycles. The molecule has 0 aromatic heterocycles. The molecule has 0 saturated heterocycles. The van der Waals surface area contributed by atoms with Crippen molar-refractivity contribution in [2.24, 2.45) is 0 Å². The molecule has 1 rings (SSSR count). The first-order valence-corrected chi connectivity index (χ1v) is 8.32. The van der Waals surface area contributed by atoms with E-state index in [0.29, 0.717) is 5.02 Å². The Morgan fingerprint density at radius 2 is 2.00 bits per heavy atom. The summed E-state index contributed by atoms with van der Waals surface area (Å²) in [4.78, 5) is 3.31. The molecule has 0 bridgehead atoms. The van der Waals surface area contributed by atoms with Crippen molar-refractivity contribution >= 4 is 35.0 Å². The largest absolute Gasteiger partial charge is 0.395 e. The topological polar surface area (TPSA) is 23.5 Å². The smallest absolute Gasteiger partial charge is 0.0558 e. The Bertz CT molecular complexity index is 376. The first-order valence-electron chi connectivity index (χ1n) is 6.58. The van der Waals surface area contributed by atoms with E-state index in [0.717, 1.165) is 35.3 Å². The number of benzene rings is 1. The van der Waals surface area contributed by atoms with E-state index in [1.807, 2.05) is 12.1 Å². The predicted molar refractivity (Wildman–Crippen MR) is 85.6 cm³/mol. The zero-order chi connectivity index (χ0) is 14.1. The molecule has 0 saturated carbocycles. The van der Waals surface area contributed by atoms with Crippen LogP contribution in [0.5, 0.6) is 0 Å². The number of unbranched alkanes of at least 4 members (excludes halogenated alkanes) is 1. The van der Waals surface area contributed by atoms with Gasteiger partial charge in [0.2, 0.25) is 0 Å². The number of hydrogen-bond donors (Lipinski definition) is 1. The van der Waals surface area contributed by atoms with Gasteiger partial charge in [-0.15, -0.1) is 11.8 Å². The third-order valence-electron chi connectivity index (χ3n) is 2.80. The van der Waals surface area contributed by atoms with Crippen LogP contribution in [0.25, 0.3) is 0 Å². The fourth-order valence-corrected chi connectivity index (χ4v) is 3.23. The molecule has 0 fully saturated rings. The molecule has 0 unspecified atom stereocenters. The minimum Gasteiger partial charge on any atom is -0.395 e. The second-order valence-corrected chi connectivity index (χ2v) is 6.32. The molecule has 1 N–H and O–H groups in total. The normalized spacial score (nSPS) is 11.2. The highest BCUT2D eigenvalue weighted by molar-refractivity contribution is 7.99. The van der Waals surface area contributed by atoms with Crippen molar-refractivity contribution in [1.82, 2.24) is 4.90 Å². The Kier molecular flexibility index (Phi) is 8.92. The second kappa shape index (κ2) is 9.89. The molecule has 0 spiro atoms. The fourth-order valence-electron chi connectivity index (χ4n) is 1.73. The van der Waals surface area contributed by atoms with Gasteiger partial charge in [0.1, 0.15) is 0 Å². The second-order valence-electron chi connectivity index (χ2n) is 4.34. The van der Waals surface area contributed by atoms with Crippen molar-refractivity contribution in [1.29, 1.82) is 0 Å². The van der Waals surface area contributed by atoms with Crippen molar-refractivity contribution in [2.45, 2.75) is 24.7 Å². The van der Waals surface area contributed by atoms with Gasteiger partial charge >= 0.3 is 0 Å². The maximum absolute atomic E-state index is 9.05. The van der Waals surface area contributed by atoms with Crippen LogP contribution in [0.4, 0.5) is 0 Å². The lowest BCUT2D eigenvalue weighted by Crippen LogP contribution is -2.30. The van der Waals surface area contributed by atoms with Gasteiger partial charge in [0.15, 0.2) is 0 Å². The van der Waals surface area contributed by atoms with Crippen LogP contribution in [0.3, 0.4) is 0 Å². The van der Waals surface area contributed by atoms with Gasteiger partial charge in [0.05, 0.1) is 11.6 Å². The molecule has 108 valence electrons. The zero-order valence-corrected chi connectivity index (χ0v) is 13.6. The fraction of sp³-hybridized carbons (Fsp3) is 0.571. The van der Waals surface area contributed by atoms with Crippen LogP contribution in [0, 0.1) is 0 Å². The van der Waals surface area contributed by atoms with Gasteiger partial charge in [0, 0.05) is 28.8 Å². The number of rotatable bonds is 9. The first kappa shape index (κ1) is 17.1. The average Bonchev–Trinajstić information content (AvgIpc) is 2.40. The summed E-state index contributed by atoms with van der Waals surface area (Å²) in [6.07, 6.45) is 2.35. The molecule has 0 aliphatic heterocycles. The Hall–Kier alpha value is 0.0700. The number of aliphatic hydroxyl groups is 1. The molecule has 0 atom stereocenters. The lowest BCUT2D eigenvalue weighted by Gasteiger charge is -2.20. The van der Waals surface area contributed by atoms with E-state index in [2.05, 4.69) is 11.8 Å². The highest BCUT2D eigenvalue weighted by Gasteiger charge is 2.06. The molecule has 0 aliphatic rings. The Morgan fingerprint density at radius 1 is 1.21 bits per heavy atom. The van der Waals surface area contributed by atoms with Crippen molar-refractivity contribution in [3.63, 3.8) is 0 Å². The molecule has 2 nitrogen and oxygen atoms in total. The molecular formula is C14H21Cl2NOS. The van der Waals surface area contributed by atoms with Crippen LogP contribution in [0.1, 0.15) is 19.8 Å². The summed E-state index contributed by atoms with van der Waals surface area (Å²) in [5.74, 6) is 0.948. The van der Waals surface area contributed by atoms with Crippen LogP contribution < -0.4 is 0 Å². The molecule has 1 aromatic carbocycles. The van der Waals surface area contributed by atoms with Gasteiger partial charge in [-0.1, -0.05) is 36.5 Å². The third kappa shape index (κ3) is 6.87. The predicted octanol–water partition coefficient (Wildman–Crippen LogP) is 4.18. The van der Waals surface area contributed by atoms with Gasteiger partial charge in [-0.3, -0.25) is 0 Å². The van der Waals surface area contributed by atoms with E-state index in [-0.39, 0.29) is 6.61 Å². The van der Waals surface area contributed by atoms with Crippen molar-refractivity contribution < 1.29 is 5.11 Å². The van der Waals surface area contributed by atoms with Crippen molar-refractivity contribution in [3.05, 3.63) is 28.2 Å². The minimum atomic E-state index is 0.215. The van der Waals surface area contributed by atoms with E-state index < -0.39 is 0 Å². The highest BCUT2D eigenvalue weighted by Crippen LogP contribution is 2.29. The number of hydrogen-bond acceptors (Lipinski definition) is 3. The van der Waals surface area contributed by atoms with E-state index in [4.69, 9.17) is 28.3 Å². The Balaban J connectivity index is 2.40. The van der Waals surface area contributed by atoms with Gasteiger partial charge in [0.25, 0.3) is 0 Å². The van der Waals surface area contributed by atoms with Crippen LogP contribution in [0.2, 0.25) is 10.0 Å². The van der Waals surface area contributed by atoms with Crippen LogP contribution in [0.15, 0.2) is 23.1 Å². The molecule has 0 amide bonds. The summed E-state index contributed by atoms with van der Waals surface area (Å²) in [5, 5.41) is 10.5. The van der Waals surface area contributed by atoms with Crippen LogP contribution in [-0.2, 0) is 0 Å². The SMILES string of the molecule is CCCCN(CCO)CCSc1cc(Cl)ccc1Cl. The maximum atomic E-state index is 9.05. The van der Waals surface area contributed by atoms with Gasteiger partial charge < -0.3 is 10.0 Å². The van der Waals surface area contributed by atoms with Crippen LogP contribution >= 0.6 is 35.0 Å². The number of nitrogens with zero attached hydrogens (tertiary/aromatic N) is 1. The van der Waals surface area contributed by atoms with E-state index in [1.54, 1.807) is 17.8 Å². The summed E-state index contributed by atoms with van der Waals surface area (Å²) in [7, 11) is 0. The maximum Gasteiger partial charge on any atom is 0.0558 e. The molecule has 1 aromatic rings. The quantitative estimate of drug-likeness (QED) is 0.690. The summed E-state index contributed by atoms with van der Waals surface area (Å²) < 4.78 is 0. The number of halogens is 2. The van der Waals surface area contributed by atoms with Crippen molar-refractivity contribution in [2.75, 3.05) is 32.0 Å². The third-order valence-corrected chi connectivity index (χ3v) is 4.51. The Labute approximate surface area is 130 Å². The molecular weight excluding hydrogens is 301 g/mol.